The number of hydrogen-bond acceptors (Lipinski definition) is 2. The second-order valence-electron chi connectivity index (χ2n) is 6.06. The van der Waals surface area contributed by atoms with Crippen LogP contribution in [-0.2, 0) is 6.42 Å². The van der Waals surface area contributed by atoms with Gasteiger partial charge in [0.2, 0.25) is 0 Å². The monoisotopic (exact) mass is 280 g/mol. The SMILES string of the molecule is CC1Cc2ccccc2N(CC2CCCNC2)C1.Cl. The Balaban J connectivity index is 0.00000133. The van der Waals surface area contributed by atoms with Gasteiger partial charge in [0.15, 0.2) is 0 Å². The van der Waals surface area contributed by atoms with Crippen LogP contribution in [0.4, 0.5) is 5.69 Å². The Morgan fingerprint density at radius 2 is 2.16 bits per heavy atom. The third-order valence-electron chi connectivity index (χ3n) is 4.31. The first kappa shape index (κ1) is 14.7. The largest absolute Gasteiger partial charge is 0.371 e. The number of halogens is 1. The summed E-state index contributed by atoms with van der Waals surface area (Å²) in [6.07, 6.45) is 3.98. The van der Waals surface area contributed by atoms with Crippen LogP contribution in [0.5, 0.6) is 0 Å². The van der Waals surface area contributed by atoms with Crippen molar-refractivity contribution in [1.82, 2.24) is 5.32 Å². The number of para-hydroxylation sites is 1. The molecule has 0 amide bonds. The minimum absolute atomic E-state index is 0. The number of fused-ring (bicyclic) bond motifs is 1. The van der Waals surface area contributed by atoms with Gasteiger partial charge in [-0.15, -0.1) is 12.4 Å². The van der Waals surface area contributed by atoms with E-state index in [9.17, 15) is 0 Å². The average molecular weight is 281 g/mol. The molecule has 0 saturated carbocycles. The van der Waals surface area contributed by atoms with Crippen molar-refractivity contribution in [1.29, 1.82) is 0 Å². The lowest BCUT2D eigenvalue weighted by Gasteiger charge is -2.38. The standard InChI is InChI=1S/C16H24N2.ClH/c1-13-9-15-6-2-3-7-16(15)18(11-13)12-14-5-4-8-17-10-14;/h2-3,6-7,13-14,17H,4-5,8-12H2,1H3;1H. The molecule has 0 aliphatic carbocycles. The van der Waals surface area contributed by atoms with Crippen LogP contribution in [0.1, 0.15) is 25.3 Å². The van der Waals surface area contributed by atoms with Gasteiger partial charge in [0.25, 0.3) is 0 Å². The summed E-state index contributed by atoms with van der Waals surface area (Å²) < 4.78 is 0. The van der Waals surface area contributed by atoms with Gasteiger partial charge in [0.1, 0.15) is 0 Å². The van der Waals surface area contributed by atoms with E-state index in [1.54, 1.807) is 5.56 Å². The number of hydrogen-bond donors (Lipinski definition) is 1. The van der Waals surface area contributed by atoms with Gasteiger partial charge in [-0.25, -0.2) is 0 Å². The number of benzene rings is 1. The molecule has 3 heteroatoms. The van der Waals surface area contributed by atoms with E-state index in [-0.39, 0.29) is 12.4 Å². The molecule has 1 fully saturated rings. The van der Waals surface area contributed by atoms with Gasteiger partial charge < -0.3 is 10.2 Å². The first-order chi connectivity index (χ1) is 8.83. The topological polar surface area (TPSA) is 15.3 Å². The van der Waals surface area contributed by atoms with E-state index in [1.807, 2.05) is 0 Å². The molecular formula is C16H25ClN2. The third-order valence-corrected chi connectivity index (χ3v) is 4.31. The summed E-state index contributed by atoms with van der Waals surface area (Å²) in [5.41, 5.74) is 3.03. The molecule has 106 valence electrons. The molecule has 0 bridgehead atoms. The average Bonchev–Trinajstić information content (AvgIpc) is 2.40. The van der Waals surface area contributed by atoms with Crippen molar-refractivity contribution in [3.05, 3.63) is 29.8 Å². The first-order valence-electron chi connectivity index (χ1n) is 7.36. The van der Waals surface area contributed by atoms with Crippen molar-refractivity contribution in [2.75, 3.05) is 31.1 Å². The third kappa shape index (κ3) is 3.43. The second-order valence-corrected chi connectivity index (χ2v) is 6.06. The van der Waals surface area contributed by atoms with Crippen LogP contribution in [0.25, 0.3) is 0 Å². The molecule has 1 N–H and O–H groups in total. The van der Waals surface area contributed by atoms with E-state index in [2.05, 4.69) is 41.4 Å². The zero-order chi connectivity index (χ0) is 12.4. The number of anilines is 1. The number of piperidine rings is 1. The van der Waals surface area contributed by atoms with Crippen LogP contribution in [-0.4, -0.2) is 26.2 Å². The van der Waals surface area contributed by atoms with E-state index >= 15 is 0 Å². The van der Waals surface area contributed by atoms with E-state index in [1.165, 1.54) is 51.1 Å². The molecule has 1 aromatic carbocycles. The second kappa shape index (κ2) is 6.62. The van der Waals surface area contributed by atoms with Gasteiger partial charge >= 0.3 is 0 Å². The van der Waals surface area contributed by atoms with Crippen LogP contribution in [0.3, 0.4) is 0 Å². The summed E-state index contributed by atoms with van der Waals surface area (Å²) in [5, 5.41) is 3.53. The van der Waals surface area contributed by atoms with Crippen LogP contribution in [0, 0.1) is 11.8 Å². The molecule has 2 nitrogen and oxygen atoms in total. The number of nitrogens with one attached hydrogen (secondary N) is 1. The normalized spacial score (nSPS) is 26.5. The van der Waals surface area contributed by atoms with Crippen LogP contribution < -0.4 is 10.2 Å². The maximum Gasteiger partial charge on any atom is 0.0399 e. The van der Waals surface area contributed by atoms with Crippen molar-refractivity contribution in [2.45, 2.75) is 26.2 Å². The Morgan fingerprint density at radius 1 is 1.32 bits per heavy atom. The first-order valence-corrected chi connectivity index (χ1v) is 7.36. The fourth-order valence-corrected chi connectivity index (χ4v) is 3.47. The zero-order valence-electron chi connectivity index (χ0n) is 11.8. The van der Waals surface area contributed by atoms with Crippen molar-refractivity contribution in [3.8, 4) is 0 Å². The van der Waals surface area contributed by atoms with Crippen LogP contribution in [0.15, 0.2) is 24.3 Å². The summed E-state index contributed by atoms with van der Waals surface area (Å²) in [4.78, 5) is 2.63. The Labute approximate surface area is 123 Å². The lowest BCUT2D eigenvalue weighted by molar-refractivity contribution is 0.367. The van der Waals surface area contributed by atoms with Gasteiger partial charge in [0, 0.05) is 18.8 Å². The molecule has 0 spiro atoms. The van der Waals surface area contributed by atoms with Gasteiger partial charge in [-0.1, -0.05) is 25.1 Å². The molecule has 0 radical (unpaired) electrons. The van der Waals surface area contributed by atoms with Crippen LogP contribution >= 0.6 is 12.4 Å². The van der Waals surface area contributed by atoms with Gasteiger partial charge in [-0.3, -0.25) is 0 Å². The molecule has 1 aromatic rings. The van der Waals surface area contributed by atoms with Crippen molar-refractivity contribution in [2.24, 2.45) is 11.8 Å². The maximum absolute atomic E-state index is 3.53. The highest BCUT2D eigenvalue weighted by Gasteiger charge is 2.24. The Kier molecular flexibility index (Phi) is 5.12. The smallest absolute Gasteiger partial charge is 0.0399 e. The molecule has 2 aliphatic rings. The van der Waals surface area contributed by atoms with Gasteiger partial charge in [-0.05, 0) is 55.8 Å². The van der Waals surface area contributed by atoms with Crippen molar-refractivity contribution >= 4 is 18.1 Å². The van der Waals surface area contributed by atoms with Crippen molar-refractivity contribution in [3.63, 3.8) is 0 Å². The van der Waals surface area contributed by atoms with Gasteiger partial charge in [0.05, 0.1) is 0 Å². The minimum atomic E-state index is 0. The summed E-state index contributed by atoms with van der Waals surface area (Å²) >= 11 is 0. The highest BCUT2D eigenvalue weighted by molar-refractivity contribution is 5.85. The Bertz CT molecular complexity index is 401. The quantitative estimate of drug-likeness (QED) is 0.896. The highest BCUT2D eigenvalue weighted by atomic mass is 35.5. The predicted molar refractivity (Wildman–Crippen MR) is 84.4 cm³/mol. The Morgan fingerprint density at radius 3 is 2.95 bits per heavy atom. The maximum atomic E-state index is 3.53. The molecule has 3 rings (SSSR count). The van der Waals surface area contributed by atoms with E-state index < -0.39 is 0 Å². The van der Waals surface area contributed by atoms with Crippen LogP contribution in [0.2, 0.25) is 0 Å². The highest BCUT2D eigenvalue weighted by Crippen LogP contribution is 2.30. The molecule has 19 heavy (non-hydrogen) atoms. The predicted octanol–water partition coefficient (Wildman–Crippen LogP) is 3.11. The summed E-state index contributed by atoms with van der Waals surface area (Å²) in [5.74, 6) is 1.62. The summed E-state index contributed by atoms with van der Waals surface area (Å²) in [6.45, 7) is 7.25. The fourth-order valence-electron chi connectivity index (χ4n) is 3.47. The molecule has 2 aliphatic heterocycles. The Hall–Kier alpha value is -0.730. The number of rotatable bonds is 2. The van der Waals surface area contributed by atoms with Crippen molar-refractivity contribution < 1.29 is 0 Å². The number of nitrogens with zero attached hydrogens (tertiary/aromatic N) is 1. The lowest BCUT2D eigenvalue weighted by Crippen LogP contribution is -2.42. The molecule has 2 unspecified atom stereocenters. The van der Waals surface area contributed by atoms with E-state index in [4.69, 9.17) is 0 Å². The summed E-state index contributed by atoms with van der Waals surface area (Å²) in [6, 6.07) is 8.97. The van der Waals surface area contributed by atoms with E-state index in [0.717, 1.165) is 11.8 Å². The fraction of sp³-hybridized carbons (Fsp3) is 0.625. The molecule has 0 aromatic heterocycles. The minimum Gasteiger partial charge on any atom is -0.371 e. The molecule has 2 heterocycles. The van der Waals surface area contributed by atoms with E-state index in [0.29, 0.717) is 0 Å². The lowest BCUT2D eigenvalue weighted by atomic mass is 9.91. The molecule has 1 saturated heterocycles. The molecule has 2 atom stereocenters. The van der Waals surface area contributed by atoms with Gasteiger partial charge in [-0.2, -0.15) is 0 Å². The molecular weight excluding hydrogens is 256 g/mol. The zero-order valence-corrected chi connectivity index (χ0v) is 12.6. The summed E-state index contributed by atoms with van der Waals surface area (Å²) in [7, 11) is 0.